The van der Waals surface area contributed by atoms with Crippen LogP contribution in [-0.4, -0.2) is 11.7 Å². The van der Waals surface area contributed by atoms with E-state index in [0.29, 0.717) is 15.7 Å². The van der Waals surface area contributed by atoms with Crippen molar-refractivity contribution in [1.82, 2.24) is 0 Å². The van der Waals surface area contributed by atoms with Gasteiger partial charge >= 0.3 is 0 Å². The fraction of sp³-hybridized carbons (Fsp3) is 0.143. The number of nitrogens with one attached hydrogen (secondary N) is 1. The highest BCUT2D eigenvalue weighted by Gasteiger charge is 2.12. The minimum atomic E-state index is -0.405. The number of aliphatic hydroxyl groups excluding tert-OH is 1. The summed E-state index contributed by atoms with van der Waals surface area (Å²) in [5.74, 6) is -0.342. The quantitative estimate of drug-likeness (QED) is 0.883. The summed E-state index contributed by atoms with van der Waals surface area (Å²) in [6, 6.07) is 10.7. The highest BCUT2D eigenvalue weighted by Crippen LogP contribution is 2.26. The molecule has 0 aliphatic heterocycles. The average molecular weight is 300 g/mol. The SMILES string of the molecule is OCC(Nc1cccc(F)c1)c1cc(Cl)cc(Cl)c1. The maximum atomic E-state index is 13.1. The van der Waals surface area contributed by atoms with Crippen molar-refractivity contribution >= 4 is 28.9 Å². The topological polar surface area (TPSA) is 32.3 Å². The Bertz CT molecular complexity index is 557. The van der Waals surface area contributed by atoms with Gasteiger partial charge in [0.05, 0.1) is 12.6 Å². The largest absolute Gasteiger partial charge is 0.394 e. The summed E-state index contributed by atoms with van der Waals surface area (Å²) in [5.41, 5.74) is 1.32. The Labute approximate surface area is 120 Å². The summed E-state index contributed by atoms with van der Waals surface area (Å²) in [4.78, 5) is 0. The van der Waals surface area contributed by atoms with Crippen molar-refractivity contribution in [3.05, 3.63) is 63.9 Å². The summed E-state index contributed by atoms with van der Waals surface area (Å²) in [6.45, 7) is -0.160. The van der Waals surface area contributed by atoms with Gasteiger partial charge in [0.2, 0.25) is 0 Å². The smallest absolute Gasteiger partial charge is 0.125 e. The van der Waals surface area contributed by atoms with E-state index in [1.807, 2.05) is 0 Å². The molecule has 2 nitrogen and oxygen atoms in total. The molecule has 0 radical (unpaired) electrons. The third-order valence-electron chi connectivity index (χ3n) is 2.64. The lowest BCUT2D eigenvalue weighted by Gasteiger charge is -2.18. The summed E-state index contributed by atoms with van der Waals surface area (Å²) < 4.78 is 13.1. The Kier molecular flexibility index (Phi) is 4.64. The van der Waals surface area contributed by atoms with Crippen LogP contribution in [0.15, 0.2) is 42.5 Å². The zero-order valence-corrected chi connectivity index (χ0v) is 11.4. The Hall–Kier alpha value is -1.29. The van der Waals surface area contributed by atoms with E-state index < -0.39 is 6.04 Å². The van der Waals surface area contributed by atoms with Crippen molar-refractivity contribution in [3.63, 3.8) is 0 Å². The number of benzene rings is 2. The number of hydrogen-bond acceptors (Lipinski definition) is 2. The van der Waals surface area contributed by atoms with Gasteiger partial charge in [-0.15, -0.1) is 0 Å². The number of halogens is 3. The Balaban J connectivity index is 2.24. The van der Waals surface area contributed by atoms with Crippen LogP contribution in [0, 0.1) is 5.82 Å². The first-order valence-corrected chi connectivity index (χ1v) is 6.43. The highest BCUT2D eigenvalue weighted by atomic mass is 35.5. The van der Waals surface area contributed by atoms with Crippen molar-refractivity contribution in [3.8, 4) is 0 Å². The van der Waals surface area contributed by atoms with E-state index in [1.165, 1.54) is 12.1 Å². The van der Waals surface area contributed by atoms with Gasteiger partial charge in [0.25, 0.3) is 0 Å². The van der Waals surface area contributed by atoms with Crippen LogP contribution >= 0.6 is 23.2 Å². The van der Waals surface area contributed by atoms with E-state index >= 15 is 0 Å². The molecule has 100 valence electrons. The molecule has 0 saturated heterocycles. The zero-order chi connectivity index (χ0) is 13.8. The van der Waals surface area contributed by atoms with Crippen molar-refractivity contribution < 1.29 is 9.50 Å². The second-order valence-corrected chi connectivity index (χ2v) is 4.97. The van der Waals surface area contributed by atoms with Crippen LogP contribution in [0.25, 0.3) is 0 Å². The average Bonchev–Trinajstić information content (AvgIpc) is 2.34. The lowest BCUT2D eigenvalue weighted by Crippen LogP contribution is -2.15. The molecule has 2 aromatic carbocycles. The van der Waals surface area contributed by atoms with Gasteiger partial charge in [-0.2, -0.15) is 0 Å². The van der Waals surface area contributed by atoms with E-state index in [0.717, 1.165) is 5.56 Å². The van der Waals surface area contributed by atoms with Crippen molar-refractivity contribution in [2.45, 2.75) is 6.04 Å². The second kappa shape index (κ2) is 6.24. The minimum absolute atomic E-state index is 0.160. The van der Waals surface area contributed by atoms with E-state index in [-0.39, 0.29) is 12.4 Å². The third kappa shape index (κ3) is 3.83. The number of rotatable bonds is 4. The van der Waals surface area contributed by atoms with Crippen molar-refractivity contribution in [2.24, 2.45) is 0 Å². The van der Waals surface area contributed by atoms with Crippen molar-refractivity contribution in [1.29, 1.82) is 0 Å². The Morgan fingerprint density at radius 3 is 2.37 bits per heavy atom. The summed E-state index contributed by atoms with van der Waals surface area (Å²) in [5, 5.41) is 13.5. The lowest BCUT2D eigenvalue weighted by atomic mass is 10.1. The van der Waals surface area contributed by atoms with Crippen LogP contribution < -0.4 is 5.32 Å². The van der Waals surface area contributed by atoms with Crippen LogP contribution in [0.4, 0.5) is 10.1 Å². The van der Waals surface area contributed by atoms with E-state index in [2.05, 4.69) is 5.32 Å². The number of anilines is 1. The molecule has 0 aliphatic carbocycles. The predicted octanol–water partition coefficient (Wildman–Crippen LogP) is 4.28. The molecule has 1 unspecified atom stereocenters. The molecule has 2 aromatic rings. The maximum Gasteiger partial charge on any atom is 0.125 e. The lowest BCUT2D eigenvalue weighted by molar-refractivity contribution is 0.276. The molecule has 2 N–H and O–H groups in total. The van der Waals surface area contributed by atoms with Crippen LogP contribution in [0.2, 0.25) is 10.0 Å². The molecule has 0 spiro atoms. The fourth-order valence-corrected chi connectivity index (χ4v) is 2.33. The summed E-state index contributed by atoms with van der Waals surface area (Å²) in [7, 11) is 0. The number of hydrogen-bond donors (Lipinski definition) is 2. The van der Waals surface area contributed by atoms with Gasteiger partial charge in [0.1, 0.15) is 5.82 Å². The van der Waals surface area contributed by atoms with E-state index in [1.54, 1.807) is 30.3 Å². The molecule has 0 bridgehead atoms. The summed E-state index contributed by atoms with van der Waals surface area (Å²) >= 11 is 11.9. The maximum absolute atomic E-state index is 13.1. The molecule has 2 rings (SSSR count). The first kappa shape index (κ1) is 14.1. The normalized spacial score (nSPS) is 12.2. The summed E-state index contributed by atoms with van der Waals surface area (Å²) in [6.07, 6.45) is 0. The molecule has 0 heterocycles. The number of aliphatic hydroxyl groups is 1. The molecule has 0 fully saturated rings. The van der Waals surface area contributed by atoms with Gasteiger partial charge in [0, 0.05) is 15.7 Å². The molecule has 0 saturated carbocycles. The molecule has 5 heteroatoms. The Morgan fingerprint density at radius 1 is 1.11 bits per heavy atom. The zero-order valence-electron chi connectivity index (χ0n) is 9.91. The fourth-order valence-electron chi connectivity index (χ4n) is 1.79. The first-order valence-electron chi connectivity index (χ1n) is 5.67. The van der Waals surface area contributed by atoms with Crippen molar-refractivity contribution in [2.75, 3.05) is 11.9 Å². The van der Waals surface area contributed by atoms with Gasteiger partial charge < -0.3 is 10.4 Å². The van der Waals surface area contributed by atoms with Crippen LogP contribution in [0.3, 0.4) is 0 Å². The van der Waals surface area contributed by atoms with Crippen LogP contribution in [0.1, 0.15) is 11.6 Å². The standard InChI is InChI=1S/C14H12Cl2FNO/c15-10-4-9(5-11(16)6-10)14(8-19)18-13-3-1-2-12(17)7-13/h1-7,14,18-19H,8H2. The molecular formula is C14H12Cl2FNO. The molecule has 1 atom stereocenters. The van der Waals surface area contributed by atoms with Gasteiger partial charge in [0.15, 0.2) is 0 Å². The van der Waals surface area contributed by atoms with Gasteiger partial charge in [-0.1, -0.05) is 29.3 Å². The first-order chi connectivity index (χ1) is 9.08. The molecule has 0 amide bonds. The predicted molar refractivity (Wildman–Crippen MR) is 76.3 cm³/mol. The minimum Gasteiger partial charge on any atom is -0.394 e. The molecule has 0 aliphatic rings. The van der Waals surface area contributed by atoms with E-state index in [9.17, 15) is 9.50 Å². The third-order valence-corrected chi connectivity index (χ3v) is 3.07. The highest BCUT2D eigenvalue weighted by molar-refractivity contribution is 6.34. The van der Waals surface area contributed by atoms with Gasteiger partial charge in [-0.05, 0) is 42.0 Å². The van der Waals surface area contributed by atoms with Crippen LogP contribution in [-0.2, 0) is 0 Å². The Morgan fingerprint density at radius 2 is 1.79 bits per heavy atom. The van der Waals surface area contributed by atoms with Gasteiger partial charge in [-0.3, -0.25) is 0 Å². The van der Waals surface area contributed by atoms with Gasteiger partial charge in [-0.25, -0.2) is 4.39 Å². The monoisotopic (exact) mass is 299 g/mol. The second-order valence-electron chi connectivity index (χ2n) is 4.09. The van der Waals surface area contributed by atoms with Crippen LogP contribution in [0.5, 0.6) is 0 Å². The molecule has 19 heavy (non-hydrogen) atoms. The molecular weight excluding hydrogens is 288 g/mol. The van der Waals surface area contributed by atoms with E-state index in [4.69, 9.17) is 23.2 Å². The molecule has 0 aromatic heterocycles.